The van der Waals surface area contributed by atoms with Crippen LogP contribution in [0.1, 0.15) is 18.1 Å². The predicted octanol–water partition coefficient (Wildman–Crippen LogP) is 4.51. The molecule has 108 valence electrons. The number of thioether (sulfide) groups is 2. The predicted molar refractivity (Wildman–Crippen MR) is 90.9 cm³/mol. The second kappa shape index (κ2) is 8.93. The molecule has 0 amide bonds. The van der Waals surface area contributed by atoms with Crippen molar-refractivity contribution in [3.05, 3.63) is 51.8 Å². The molecule has 0 N–H and O–H groups in total. The summed E-state index contributed by atoms with van der Waals surface area (Å²) in [5, 5.41) is 0. The number of hydrogen-bond donors (Lipinski definition) is 0. The molecule has 2 nitrogen and oxygen atoms in total. The van der Waals surface area contributed by atoms with E-state index in [1.54, 1.807) is 29.6 Å². The van der Waals surface area contributed by atoms with Crippen LogP contribution >= 0.6 is 23.5 Å². The molecule has 0 aliphatic heterocycles. The van der Waals surface area contributed by atoms with Crippen molar-refractivity contribution < 1.29 is 9.53 Å². The number of esters is 1. The lowest BCUT2D eigenvalue weighted by atomic mass is 10.0. The first kappa shape index (κ1) is 16.9. The first-order chi connectivity index (χ1) is 9.60. The van der Waals surface area contributed by atoms with E-state index in [0.29, 0.717) is 6.61 Å². The fraction of sp³-hybridized carbons (Fsp3) is 0.312. The van der Waals surface area contributed by atoms with Gasteiger partial charge in [-0.15, -0.1) is 23.5 Å². The van der Waals surface area contributed by atoms with Gasteiger partial charge in [0, 0.05) is 10.3 Å². The molecule has 20 heavy (non-hydrogen) atoms. The van der Waals surface area contributed by atoms with Gasteiger partial charge in [-0.25, -0.2) is 4.79 Å². The molecule has 0 radical (unpaired) electrons. The number of ether oxygens (including phenoxy) is 1. The molecule has 0 fully saturated rings. The van der Waals surface area contributed by atoms with Crippen LogP contribution in [0.4, 0.5) is 0 Å². The molecule has 0 saturated carbocycles. The zero-order valence-corrected chi connectivity index (χ0v) is 13.9. The van der Waals surface area contributed by atoms with Crippen molar-refractivity contribution in [2.75, 3.05) is 19.1 Å². The molecule has 0 saturated heterocycles. The average Bonchev–Trinajstić information content (AvgIpc) is 2.44. The van der Waals surface area contributed by atoms with Crippen LogP contribution in [0.15, 0.2) is 40.7 Å². The number of hydrogen-bond acceptors (Lipinski definition) is 4. The van der Waals surface area contributed by atoms with Gasteiger partial charge in [0.1, 0.15) is 0 Å². The largest absolute Gasteiger partial charge is 0.463 e. The summed E-state index contributed by atoms with van der Waals surface area (Å²) >= 11 is 3.34. The van der Waals surface area contributed by atoms with E-state index in [2.05, 4.69) is 0 Å². The van der Waals surface area contributed by atoms with Gasteiger partial charge in [0.15, 0.2) is 0 Å². The SMILES string of the molecule is CCOC(=O)/C=C(\C=C(SC)SC)c1ccc(C)cc1. The molecule has 1 aromatic carbocycles. The molecule has 0 spiro atoms. The van der Waals surface area contributed by atoms with Crippen molar-refractivity contribution in [1.29, 1.82) is 0 Å². The molecule has 0 aliphatic rings. The van der Waals surface area contributed by atoms with Crippen LogP contribution in [-0.4, -0.2) is 25.1 Å². The first-order valence-corrected chi connectivity index (χ1v) is 8.80. The molecular formula is C16H20O2S2. The Balaban J connectivity index is 3.16. The molecule has 1 aromatic rings. The van der Waals surface area contributed by atoms with E-state index in [4.69, 9.17) is 4.74 Å². The Morgan fingerprint density at radius 1 is 1.15 bits per heavy atom. The van der Waals surface area contributed by atoms with Gasteiger partial charge in [-0.3, -0.25) is 0 Å². The summed E-state index contributed by atoms with van der Waals surface area (Å²) in [5.41, 5.74) is 3.09. The fourth-order valence-corrected chi connectivity index (χ4v) is 2.75. The average molecular weight is 308 g/mol. The molecule has 0 heterocycles. The zero-order valence-electron chi connectivity index (χ0n) is 12.3. The van der Waals surface area contributed by atoms with Crippen LogP contribution in [0, 0.1) is 6.92 Å². The number of allylic oxidation sites excluding steroid dienone is 2. The molecule has 1 rings (SSSR count). The smallest absolute Gasteiger partial charge is 0.331 e. The third-order valence-corrected chi connectivity index (χ3v) is 4.66. The number of aryl methyl sites for hydroxylation is 1. The minimum atomic E-state index is -0.305. The second-order valence-corrected chi connectivity index (χ2v) is 6.04. The normalized spacial score (nSPS) is 11.1. The van der Waals surface area contributed by atoms with Gasteiger partial charge in [0.2, 0.25) is 0 Å². The van der Waals surface area contributed by atoms with Crippen LogP contribution in [0.25, 0.3) is 5.57 Å². The topological polar surface area (TPSA) is 26.3 Å². The summed E-state index contributed by atoms with van der Waals surface area (Å²) in [5.74, 6) is -0.305. The van der Waals surface area contributed by atoms with Crippen LogP contribution in [0.2, 0.25) is 0 Å². The van der Waals surface area contributed by atoms with E-state index in [-0.39, 0.29) is 5.97 Å². The van der Waals surface area contributed by atoms with Crippen molar-refractivity contribution in [2.45, 2.75) is 13.8 Å². The molecule has 0 atom stereocenters. The molecule has 0 aromatic heterocycles. The van der Waals surface area contributed by atoms with Crippen LogP contribution in [0.5, 0.6) is 0 Å². The Kier molecular flexibility index (Phi) is 7.55. The van der Waals surface area contributed by atoms with Gasteiger partial charge in [0.25, 0.3) is 0 Å². The molecule has 0 aliphatic carbocycles. The van der Waals surface area contributed by atoms with Crippen LogP contribution in [0.3, 0.4) is 0 Å². The summed E-state index contributed by atoms with van der Waals surface area (Å²) < 4.78 is 6.16. The summed E-state index contributed by atoms with van der Waals surface area (Å²) in [6.45, 7) is 4.24. The van der Waals surface area contributed by atoms with Gasteiger partial charge in [0.05, 0.1) is 6.61 Å². The van der Waals surface area contributed by atoms with E-state index in [9.17, 15) is 4.79 Å². The number of benzene rings is 1. The van der Waals surface area contributed by atoms with Crippen LogP contribution < -0.4 is 0 Å². The Labute approximate surface area is 129 Å². The highest BCUT2D eigenvalue weighted by Crippen LogP contribution is 2.28. The summed E-state index contributed by atoms with van der Waals surface area (Å²) in [6, 6.07) is 8.13. The highest BCUT2D eigenvalue weighted by atomic mass is 32.2. The lowest BCUT2D eigenvalue weighted by Gasteiger charge is -2.06. The first-order valence-electron chi connectivity index (χ1n) is 6.35. The lowest BCUT2D eigenvalue weighted by molar-refractivity contribution is -0.137. The Morgan fingerprint density at radius 2 is 1.75 bits per heavy atom. The van der Waals surface area contributed by atoms with Gasteiger partial charge in [-0.2, -0.15) is 0 Å². The Bertz CT molecular complexity index is 496. The quantitative estimate of drug-likeness (QED) is 0.439. The van der Waals surface area contributed by atoms with Crippen molar-refractivity contribution in [3.63, 3.8) is 0 Å². The van der Waals surface area contributed by atoms with Gasteiger partial charge < -0.3 is 4.74 Å². The number of rotatable bonds is 6. The third kappa shape index (κ3) is 5.47. The monoisotopic (exact) mass is 308 g/mol. The second-order valence-electron chi connectivity index (χ2n) is 4.09. The summed E-state index contributed by atoms with van der Waals surface area (Å²) in [4.78, 5) is 11.7. The van der Waals surface area contributed by atoms with Crippen molar-refractivity contribution in [1.82, 2.24) is 0 Å². The van der Waals surface area contributed by atoms with E-state index in [1.807, 2.05) is 56.7 Å². The maximum Gasteiger partial charge on any atom is 0.331 e. The maximum absolute atomic E-state index is 11.7. The third-order valence-electron chi connectivity index (χ3n) is 2.62. The molecule has 0 unspecified atom stereocenters. The number of carbonyl (C=O) groups excluding carboxylic acids is 1. The van der Waals surface area contributed by atoms with E-state index in [0.717, 1.165) is 15.4 Å². The van der Waals surface area contributed by atoms with Gasteiger partial charge in [-0.05, 0) is 43.6 Å². The van der Waals surface area contributed by atoms with Gasteiger partial charge >= 0.3 is 5.97 Å². The summed E-state index contributed by atoms with van der Waals surface area (Å²) in [7, 11) is 0. The highest BCUT2D eigenvalue weighted by molar-refractivity contribution is 8.21. The Morgan fingerprint density at radius 3 is 2.25 bits per heavy atom. The number of carbonyl (C=O) groups is 1. The summed E-state index contributed by atoms with van der Waals surface area (Å²) in [6.07, 6.45) is 7.64. The standard InChI is InChI=1S/C16H20O2S2/c1-5-18-15(17)10-14(11-16(19-3)20-4)13-8-6-12(2)7-9-13/h6-11H,5H2,1-4H3/b14-10+. The minimum Gasteiger partial charge on any atom is -0.463 e. The Hall–Kier alpha value is -1.13. The highest BCUT2D eigenvalue weighted by Gasteiger charge is 2.05. The molecule has 4 heteroatoms. The van der Waals surface area contributed by atoms with Crippen LogP contribution in [-0.2, 0) is 9.53 Å². The van der Waals surface area contributed by atoms with E-state index >= 15 is 0 Å². The minimum absolute atomic E-state index is 0.305. The van der Waals surface area contributed by atoms with E-state index < -0.39 is 0 Å². The fourth-order valence-electron chi connectivity index (χ4n) is 1.59. The molecular weight excluding hydrogens is 288 g/mol. The lowest BCUT2D eigenvalue weighted by Crippen LogP contribution is -2.00. The van der Waals surface area contributed by atoms with Gasteiger partial charge in [-0.1, -0.05) is 29.8 Å². The maximum atomic E-state index is 11.7. The van der Waals surface area contributed by atoms with Crippen molar-refractivity contribution in [2.24, 2.45) is 0 Å². The molecule has 0 bridgehead atoms. The van der Waals surface area contributed by atoms with Crippen molar-refractivity contribution in [3.8, 4) is 0 Å². The van der Waals surface area contributed by atoms with Crippen molar-refractivity contribution >= 4 is 35.1 Å². The van der Waals surface area contributed by atoms with E-state index in [1.165, 1.54) is 5.56 Å². The zero-order chi connectivity index (χ0) is 15.0.